The highest BCUT2D eigenvalue weighted by Crippen LogP contribution is 2.26. The van der Waals surface area contributed by atoms with E-state index < -0.39 is 11.8 Å². The highest BCUT2D eigenvalue weighted by atomic mass is 16.2. The number of carbonyl (C=O) groups is 3. The van der Waals surface area contributed by atoms with Crippen LogP contribution in [0.5, 0.6) is 0 Å². The predicted octanol–water partition coefficient (Wildman–Crippen LogP) is 2.52. The van der Waals surface area contributed by atoms with Crippen LogP contribution in [0.2, 0.25) is 0 Å². The van der Waals surface area contributed by atoms with Crippen LogP contribution in [0, 0.1) is 0 Å². The van der Waals surface area contributed by atoms with Crippen molar-refractivity contribution in [3.05, 3.63) is 83.4 Å². The lowest BCUT2D eigenvalue weighted by Crippen LogP contribution is -2.10. The van der Waals surface area contributed by atoms with Gasteiger partial charge in [0.2, 0.25) is 5.91 Å². The van der Waals surface area contributed by atoms with Crippen molar-refractivity contribution in [1.29, 1.82) is 0 Å². The summed E-state index contributed by atoms with van der Waals surface area (Å²) in [5.74, 6) is -1.23. The van der Waals surface area contributed by atoms with Crippen LogP contribution in [0.3, 0.4) is 0 Å². The van der Waals surface area contributed by atoms with E-state index in [1.165, 1.54) is 0 Å². The number of hydrogen-bond acceptors (Lipinski definition) is 3. The number of imide groups is 1. The van der Waals surface area contributed by atoms with Gasteiger partial charge in [0.15, 0.2) is 0 Å². The summed E-state index contributed by atoms with van der Waals surface area (Å²) in [6, 6.07) is 19.7. The quantitative estimate of drug-likeness (QED) is 0.699. The van der Waals surface area contributed by atoms with Gasteiger partial charge in [0, 0.05) is 5.56 Å². The van der Waals surface area contributed by atoms with Crippen LogP contribution in [-0.4, -0.2) is 17.7 Å². The van der Waals surface area contributed by atoms with Gasteiger partial charge in [-0.05, 0) is 29.0 Å². The fourth-order valence-electron chi connectivity index (χ4n) is 2.49. The van der Waals surface area contributed by atoms with Gasteiger partial charge >= 0.3 is 0 Å². The Morgan fingerprint density at radius 2 is 1.46 bits per heavy atom. The van der Waals surface area contributed by atoms with E-state index in [0.29, 0.717) is 16.7 Å². The van der Waals surface area contributed by atoms with Crippen molar-refractivity contribution in [3.8, 4) is 0 Å². The molecule has 5 nitrogen and oxygen atoms in total. The second-order valence-electron chi connectivity index (χ2n) is 5.16. The molecule has 0 saturated carbocycles. The molecule has 0 saturated heterocycles. The Bertz CT molecular complexity index is 949. The van der Waals surface area contributed by atoms with Gasteiger partial charge in [-0.25, -0.2) is 0 Å². The lowest BCUT2D eigenvalue weighted by molar-refractivity contribution is 0.0873. The fourth-order valence-corrected chi connectivity index (χ4v) is 2.49. The van der Waals surface area contributed by atoms with Gasteiger partial charge < -0.3 is 5.73 Å². The van der Waals surface area contributed by atoms with Crippen molar-refractivity contribution in [3.63, 3.8) is 0 Å². The molecule has 0 aliphatic carbocycles. The summed E-state index contributed by atoms with van der Waals surface area (Å²) in [6.45, 7) is 0. The van der Waals surface area contributed by atoms with Gasteiger partial charge in [-0.1, -0.05) is 48.5 Å². The Balaban J connectivity index is 0.000000162. The number of hydrogen-bond donors (Lipinski definition) is 1. The summed E-state index contributed by atoms with van der Waals surface area (Å²) in [5.41, 5.74) is 6.39. The van der Waals surface area contributed by atoms with E-state index >= 15 is 0 Å². The highest BCUT2D eigenvalue weighted by molar-refractivity contribution is 6.26. The zero-order chi connectivity index (χ0) is 17.1. The number of carbonyl (C=O) groups excluding carboxylic acids is 3. The molecule has 1 aliphatic rings. The Morgan fingerprint density at radius 1 is 0.792 bits per heavy atom. The zero-order valence-corrected chi connectivity index (χ0v) is 12.6. The van der Waals surface area contributed by atoms with E-state index in [1.807, 2.05) is 36.4 Å². The first kappa shape index (κ1) is 15.4. The first-order chi connectivity index (χ1) is 11.6. The number of fused-ring (bicyclic) bond motifs is 3. The average molecular weight is 317 g/mol. The Hall–Kier alpha value is -3.47. The third kappa shape index (κ3) is 2.87. The lowest BCUT2D eigenvalue weighted by atomic mass is 10.0. The van der Waals surface area contributed by atoms with E-state index in [0.717, 1.165) is 10.8 Å². The van der Waals surface area contributed by atoms with E-state index in [-0.39, 0.29) is 5.91 Å². The molecule has 0 fully saturated rings. The summed E-state index contributed by atoms with van der Waals surface area (Å²) in [7, 11) is 0. The second kappa shape index (κ2) is 6.34. The van der Waals surface area contributed by atoms with Crippen LogP contribution in [0.1, 0.15) is 31.1 Å². The summed E-state index contributed by atoms with van der Waals surface area (Å²) >= 11 is 0. The molecule has 3 aromatic carbocycles. The lowest BCUT2D eigenvalue weighted by Gasteiger charge is -2.00. The van der Waals surface area contributed by atoms with E-state index in [9.17, 15) is 14.4 Å². The van der Waals surface area contributed by atoms with Crippen molar-refractivity contribution >= 4 is 28.5 Å². The minimum absolute atomic E-state index is 0.379. The molecule has 24 heavy (non-hydrogen) atoms. The maximum Gasteiger partial charge on any atom is 0.281 e. The van der Waals surface area contributed by atoms with Gasteiger partial charge in [0.05, 0.1) is 11.1 Å². The van der Waals surface area contributed by atoms with Crippen molar-refractivity contribution in [2.75, 3.05) is 0 Å². The zero-order valence-electron chi connectivity index (χ0n) is 12.6. The van der Waals surface area contributed by atoms with Gasteiger partial charge in [-0.2, -0.15) is 5.32 Å². The Kier molecular flexibility index (Phi) is 4.07. The largest absolute Gasteiger partial charge is 0.366 e. The molecule has 0 unspecified atom stereocenters. The van der Waals surface area contributed by atoms with Crippen LogP contribution >= 0.6 is 0 Å². The summed E-state index contributed by atoms with van der Waals surface area (Å²) in [6.07, 6.45) is 0. The van der Waals surface area contributed by atoms with Crippen LogP contribution < -0.4 is 11.1 Å². The monoisotopic (exact) mass is 317 g/mol. The first-order valence-corrected chi connectivity index (χ1v) is 7.25. The molecule has 0 bridgehead atoms. The van der Waals surface area contributed by atoms with Crippen molar-refractivity contribution in [2.24, 2.45) is 5.73 Å². The molecule has 1 radical (unpaired) electrons. The molecule has 1 heterocycles. The Labute approximate surface area is 138 Å². The van der Waals surface area contributed by atoms with Gasteiger partial charge in [0.1, 0.15) is 0 Å². The minimum atomic E-state index is -0.430. The van der Waals surface area contributed by atoms with Crippen LogP contribution in [0.4, 0.5) is 0 Å². The third-order valence-corrected chi connectivity index (χ3v) is 3.63. The number of nitrogens with two attached hydrogens (primary N) is 1. The van der Waals surface area contributed by atoms with E-state index in [1.54, 1.807) is 30.3 Å². The molecule has 2 N–H and O–H groups in total. The molecule has 3 amide bonds. The summed E-state index contributed by atoms with van der Waals surface area (Å²) < 4.78 is 0. The number of primary amides is 1. The van der Waals surface area contributed by atoms with Crippen molar-refractivity contribution in [1.82, 2.24) is 5.32 Å². The van der Waals surface area contributed by atoms with Gasteiger partial charge in [-0.15, -0.1) is 0 Å². The molecule has 1 aliphatic heterocycles. The van der Waals surface area contributed by atoms with Gasteiger partial charge in [0.25, 0.3) is 11.8 Å². The maximum atomic E-state index is 11.5. The minimum Gasteiger partial charge on any atom is -0.366 e. The fraction of sp³-hybridized carbons (Fsp3) is 0. The Morgan fingerprint density at radius 3 is 2.12 bits per heavy atom. The summed E-state index contributed by atoms with van der Waals surface area (Å²) in [5, 5.41) is 5.18. The number of nitrogens with zero attached hydrogens (tertiary/aromatic N) is 1. The standard InChI is InChI=1S/C12H6NO2.C7H7NO/c14-11-9-6-5-7-3-1-2-4-8(7)10(9)12(15)13-11;8-7(9)6-4-2-1-3-5-6/h1-6H;1-5H,(H2,8,9). The first-order valence-electron chi connectivity index (χ1n) is 7.25. The van der Waals surface area contributed by atoms with Gasteiger partial charge in [-0.3, -0.25) is 14.4 Å². The normalized spacial score (nSPS) is 12.2. The maximum absolute atomic E-state index is 11.5. The summed E-state index contributed by atoms with van der Waals surface area (Å²) in [4.78, 5) is 33.3. The molecule has 0 spiro atoms. The molecule has 0 atom stereocenters. The highest BCUT2D eigenvalue weighted by Gasteiger charge is 2.30. The third-order valence-electron chi connectivity index (χ3n) is 3.63. The predicted molar refractivity (Wildman–Crippen MR) is 89.7 cm³/mol. The smallest absolute Gasteiger partial charge is 0.281 e. The molecular formula is C19H13N2O3. The van der Waals surface area contributed by atoms with Crippen molar-refractivity contribution in [2.45, 2.75) is 0 Å². The molecule has 117 valence electrons. The molecular weight excluding hydrogens is 304 g/mol. The molecule has 4 rings (SSSR count). The number of benzene rings is 3. The van der Waals surface area contributed by atoms with E-state index in [4.69, 9.17) is 5.73 Å². The van der Waals surface area contributed by atoms with Crippen LogP contribution in [-0.2, 0) is 0 Å². The van der Waals surface area contributed by atoms with Crippen LogP contribution in [0.15, 0.2) is 66.7 Å². The SMILES string of the molecule is NC(=O)c1ccccc1.O=C1[N]C(=O)c2c1ccc1ccccc21. The van der Waals surface area contributed by atoms with E-state index in [2.05, 4.69) is 5.32 Å². The van der Waals surface area contributed by atoms with Crippen LogP contribution in [0.25, 0.3) is 10.8 Å². The average Bonchev–Trinajstić information content (AvgIpc) is 2.91. The molecule has 3 aromatic rings. The topological polar surface area (TPSA) is 91.3 Å². The molecule has 0 aromatic heterocycles. The second-order valence-corrected chi connectivity index (χ2v) is 5.16. The number of amides is 3. The molecule has 5 heteroatoms. The van der Waals surface area contributed by atoms with Crippen molar-refractivity contribution < 1.29 is 14.4 Å². The number of rotatable bonds is 1.